The molecule has 0 saturated heterocycles. The van der Waals surface area contributed by atoms with E-state index in [1.54, 1.807) is 0 Å². The number of esters is 1. The summed E-state index contributed by atoms with van der Waals surface area (Å²) in [5, 5.41) is 0. The van der Waals surface area contributed by atoms with Gasteiger partial charge in [-0.1, -0.05) is 60.7 Å². The Morgan fingerprint density at radius 2 is 1.41 bits per heavy atom. The van der Waals surface area contributed by atoms with Crippen LogP contribution in [0.25, 0.3) is 0 Å². The van der Waals surface area contributed by atoms with Crippen LogP contribution in [-0.2, 0) is 22.6 Å². The van der Waals surface area contributed by atoms with Crippen LogP contribution in [0.2, 0.25) is 0 Å². The third kappa shape index (κ3) is 6.21. The minimum atomic E-state index is -0.0358. The Morgan fingerprint density at radius 1 is 0.889 bits per heavy atom. The monoisotopic (exact) mass is 365 g/mol. The van der Waals surface area contributed by atoms with Gasteiger partial charge in [-0.2, -0.15) is 0 Å². The second-order valence-electron chi connectivity index (χ2n) is 7.56. The number of carbonyl (C=O) groups excluding carboxylic acids is 1. The molecule has 3 heteroatoms. The largest absolute Gasteiger partial charge is 0.466 e. The normalized spacial score (nSPS) is 19.8. The van der Waals surface area contributed by atoms with Crippen molar-refractivity contribution in [1.82, 2.24) is 4.90 Å². The topological polar surface area (TPSA) is 29.5 Å². The number of ether oxygens (including phenoxy) is 1. The number of carbonyl (C=O) groups is 1. The Kier molecular flexibility index (Phi) is 7.46. The highest BCUT2D eigenvalue weighted by Crippen LogP contribution is 2.31. The average molecular weight is 366 g/mol. The van der Waals surface area contributed by atoms with Gasteiger partial charge in [-0.05, 0) is 49.7 Å². The van der Waals surface area contributed by atoms with Crippen LogP contribution < -0.4 is 0 Å². The second kappa shape index (κ2) is 10.3. The third-order valence-corrected chi connectivity index (χ3v) is 5.55. The third-order valence-electron chi connectivity index (χ3n) is 5.55. The zero-order chi connectivity index (χ0) is 18.9. The first-order chi connectivity index (χ1) is 13.2. The van der Waals surface area contributed by atoms with Gasteiger partial charge in [-0.15, -0.1) is 0 Å². The van der Waals surface area contributed by atoms with Crippen LogP contribution in [0, 0.1) is 5.92 Å². The molecular weight excluding hydrogens is 334 g/mol. The van der Waals surface area contributed by atoms with Crippen LogP contribution in [0.5, 0.6) is 0 Å². The molecule has 0 unspecified atom stereocenters. The Hall–Kier alpha value is -2.13. The number of benzene rings is 2. The summed E-state index contributed by atoms with van der Waals surface area (Å²) >= 11 is 0. The van der Waals surface area contributed by atoms with Gasteiger partial charge in [0.2, 0.25) is 0 Å². The first kappa shape index (κ1) is 19.6. The first-order valence-electron chi connectivity index (χ1n) is 10.2. The summed E-state index contributed by atoms with van der Waals surface area (Å²) < 4.78 is 5.13. The maximum atomic E-state index is 11.8. The van der Waals surface area contributed by atoms with E-state index in [-0.39, 0.29) is 5.97 Å². The minimum Gasteiger partial charge on any atom is -0.466 e. The molecule has 0 spiro atoms. The zero-order valence-electron chi connectivity index (χ0n) is 16.3. The van der Waals surface area contributed by atoms with Gasteiger partial charge in [-0.25, -0.2) is 0 Å². The predicted molar refractivity (Wildman–Crippen MR) is 109 cm³/mol. The molecule has 0 atom stereocenters. The highest BCUT2D eigenvalue weighted by Gasteiger charge is 2.27. The van der Waals surface area contributed by atoms with E-state index in [0.717, 1.165) is 38.8 Å². The Morgan fingerprint density at radius 3 is 1.89 bits per heavy atom. The lowest BCUT2D eigenvalue weighted by Crippen LogP contribution is -2.37. The predicted octanol–water partition coefficient (Wildman–Crippen LogP) is 5.20. The Balaban J connectivity index is 1.62. The molecule has 27 heavy (non-hydrogen) atoms. The van der Waals surface area contributed by atoms with Gasteiger partial charge in [0.15, 0.2) is 0 Å². The molecule has 0 aromatic heterocycles. The van der Waals surface area contributed by atoms with E-state index >= 15 is 0 Å². The van der Waals surface area contributed by atoms with Crippen LogP contribution in [-0.4, -0.2) is 23.5 Å². The van der Waals surface area contributed by atoms with Crippen molar-refractivity contribution in [3.63, 3.8) is 0 Å². The van der Waals surface area contributed by atoms with Crippen LogP contribution >= 0.6 is 0 Å². The van der Waals surface area contributed by atoms with Crippen molar-refractivity contribution < 1.29 is 9.53 Å². The minimum absolute atomic E-state index is 0.0358. The summed E-state index contributed by atoms with van der Waals surface area (Å²) in [6, 6.07) is 22.0. The quantitative estimate of drug-likeness (QED) is 0.602. The molecule has 2 aromatic rings. The van der Waals surface area contributed by atoms with Gasteiger partial charge < -0.3 is 4.74 Å². The molecular formula is C24H31NO2. The molecule has 0 N–H and O–H groups in total. The average Bonchev–Trinajstić information content (AvgIpc) is 2.70. The standard InChI is InChI=1S/C24H31NO2/c1-2-27-24(26)17-20-13-15-23(16-14-20)25(18-21-9-5-3-6-10-21)19-22-11-7-4-8-12-22/h3-12,20,23H,2,13-19H2,1H3. The van der Waals surface area contributed by atoms with Crippen molar-refractivity contribution in [3.05, 3.63) is 71.8 Å². The number of hydrogen-bond donors (Lipinski definition) is 0. The smallest absolute Gasteiger partial charge is 0.306 e. The molecule has 3 nitrogen and oxygen atoms in total. The van der Waals surface area contributed by atoms with Crippen LogP contribution in [0.4, 0.5) is 0 Å². The molecule has 0 aliphatic heterocycles. The number of hydrogen-bond acceptors (Lipinski definition) is 3. The highest BCUT2D eigenvalue weighted by atomic mass is 16.5. The van der Waals surface area contributed by atoms with Gasteiger partial charge >= 0.3 is 5.97 Å². The van der Waals surface area contributed by atoms with Crippen molar-refractivity contribution >= 4 is 5.97 Å². The molecule has 144 valence electrons. The summed E-state index contributed by atoms with van der Waals surface area (Å²) in [6.07, 6.45) is 5.12. The number of nitrogens with zero attached hydrogens (tertiary/aromatic N) is 1. The van der Waals surface area contributed by atoms with Crippen molar-refractivity contribution in [2.75, 3.05) is 6.61 Å². The first-order valence-corrected chi connectivity index (χ1v) is 10.2. The van der Waals surface area contributed by atoms with Gasteiger partial charge in [-0.3, -0.25) is 9.69 Å². The Labute approximate surface area is 163 Å². The SMILES string of the molecule is CCOC(=O)CC1CCC(N(Cc2ccccc2)Cc2ccccc2)CC1. The molecule has 0 amide bonds. The molecule has 0 bridgehead atoms. The fraction of sp³-hybridized carbons (Fsp3) is 0.458. The van der Waals surface area contributed by atoms with Gasteiger partial charge in [0.25, 0.3) is 0 Å². The molecule has 0 heterocycles. The van der Waals surface area contributed by atoms with Crippen LogP contribution in [0.15, 0.2) is 60.7 Å². The molecule has 2 aromatic carbocycles. The van der Waals surface area contributed by atoms with E-state index in [9.17, 15) is 4.79 Å². The lowest BCUT2D eigenvalue weighted by molar-refractivity contribution is -0.144. The number of rotatable bonds is 8. The van der Waals surface area contributed by atoms with E-state index in [1.807, 2.05) is 6.92 Å². The summed E-state index contributed by atoms with van der Waals surface area (Å²) in [4.78, 5) is 14.4. The lowest BCUT2D eigenvalue weighted by Gasteiger charge is -2.37. The molecule has 1 saturated carbocycles. The van der Waals surface area contributed by atoms with Crippen molar-refractivity contribution in [1.29, 1.82) is 0 Å². The Bertz CT molecular complexity index is 637. The fourth-order valence-electron chi connectivity index (χ4n) is 4.12. The summed E-state index contributed by atoms with van der Waals surface area (Å²) in [5.74, 6) is 0.446. The molecule has 0 radical (unpaired) electrons. The van der Waals surface area contributed by atoms with Crippen LogP contribution in [0.3, 0.4) is 0 Å². The van der Waals surface area contributed by atoms with Gasteiger partial charge in [0, 0.05) is 25.6 Å². The summed E-state index contributed by atoms with van der Waals surface area (Å²) in [5.41, 5.74) is 2.73. The van der Waals surface area contributed by atoms with E-state index < -0.39 is 0 Å². The van der Waals surface area contributed by atoms with Crippen molar-refractivity contribution in [3.8, 4) is 0 Å². The molecule has 3 rings (SSSR count). The van der Waals surface area contributed by atoms with E-state index in [0.29, 0.717) is 25.0 Å². The summed E-state index contributed by atoms with van der Waals surface area (Å²) in [7, 11) is 0. The van der Waals surface area contributed by atoms with Gasteiger partial charge in [0.1, 0.15) is 0 Å². The fourth-order valence-corrected chi connectivity index (χ4v) is 4.12. The molecule has 1 fully saturated rings. The summed E-state index contributed by atoms with van der Waals surface area (Å²) in [6.45, 7) is 4.31. The molecule has 1 aliphatic rings. The van der Waals surface area contributed by atoms with Crippen molar-refractivity contribution in [2.45, 2.75) is 58.2 Å². The van der Waals surface area contributed by atoms with E-state index in [1.165, 1.54) is 11.1 Å². The van der Waals surface area contributed by atoms with Crippen molar-refractivity contribution in [2.24, 2.45) is 5.92 Å². The maximum Gasteiger partial charge on any atom is 0.306 e. The highest BCUT2D eigenvalue weighted by molar-refractivity contribution is 5.69. The zero-order valence-corrected chi connectivity index (χ0v) is 16.3. The van der Waals surface area contributed by atoms with E-state index in [4.69, 9.17) is 4.74 Å². The second-order valence-corrected chi connectivity index (χ2v) is 7.56. The van der Waals surface area contributed by atoms with Crippen LogP contribution in [0.1, 0.15) is 50.2 Å². The lowest BCUT2D eigenvalue weighted by atomic mass is 9.83. The molecule has 1 aliphatic carbocycles. The maximum absolute atomic E-state index is 11.8. The van der Waals surface area contributed by atoms with Gasteiger partial charge in [0.05, 0.1) is 6.61 Å². The van der Waals surface area contributed by atoms with E-state index in [2.05, 4.69) is 65.6 Å².